The summed E-state index contributed by atoms with van der Waals surface area (Å²) in [6, 6.07) is 3.87. The zero-order valence-electron chi connectivity index (χ0n) is 13.5. The SMILES string of the molecule is Cc1nn(CC(=O)N2CCN(Cc3ccco3)CC2)c(C)c1Cl. The molecular formula is C16H21ClN4O2. The highest BCUT2D eigenvalue weighted by Gasteiger charge is 2.23. The smallest absolute Gasteiger partial charge is 0.244 e. The van der Waals surface area contributed by atoms with Crippen molar-refractivity contribution >= 4 is 17.5 Å². The van der Waals surface area contributed by atoms with Gasteiger partial charge in [0.15, 0.2) is 0 Å². The molecule has 7 heteroatoms. The third kappa shape index (κ3) is 3.59. The van der Waals surface area contributed by atoms with E-state index in [4.69, 9.17) is 16.0 Å². The van der Waals surface area contributed by atoms with Crippen molar-refractivity contribution in [3.8, 4) is 0 Å². The Balaban J connectivity index is 1.53. The molecule has 23 heavy (non-hydrogen) atoms. The zero-order chi connectivity index (χ0) is 16.4. The summed E-state index contributed by atoms with van der Waals surface area (Å²) in [7, 11) is 0. The van der Waals surface area contributed by atoms with Crippen LogP contribution in [0.5, 0.6) is 0 Å². The maximum absolute atomic E-state index is 12.4. The van der Waals surface area contributed by atoms with Gasteiger partial charge in [-0.3, -0.25) is 14.4 Å². The third-order valence-corrected chi connectivity index (χ3v) is 4.81. The fourth-order valence-electron chi connectivity index (χ4n) is 2.84. The van der Waals surface area contributed by atoms with Crippen LogP contribution in [0.2, 0.25) is 5.02 Å². The van der Waals surface area contributed by atoms with Gasteiger partial charge in [0, 0.05) is 26.2 Å². The van der Waals surface area contributed by atoms with E-state index in [2.05, 4.69) is 10.00 Å². The highest BCUT2D eigenvalue weighted by Crippen LogP contribution is 2.19. The molecule has 0 saturated carbocycles. The standard InChI is InChI=1S/C16H21ClN4O2/c1-12-16(17)13(2)21(18-12)11-15(22)20-7-5-19(6-8-20)10-14-4-3-9-23-14/h3-4,9H,5-8,10-11H2,1-2H3. The van der Waals surface area contributed by atoms with Gasteiger partial charge in [-0.25, -0.2) is 0 Å². The van der Waals surface area contributed by atoms with Crippen molar-refractivity contribution in [3.63, 3.8) is 0 Å². The monoisotopic (exact) mass is 336 g/mol. The van der Waals surface area contributed by atoms with E-state index in [-0.39, 0.29) is 12.5 Å². The zero-order valence-corrected chi connectivity index (χ0v) is 14.2. The first-order chi connectivity index (χ1) is 11.0. The van der Waals surface area contributed by atoms with Gasteiger partial charge in [0.1, 0.15) is 12.3 Å². The molecule has 0 bridgehead atoms. The number of carbonyl (C=O) groups excluding carboxylic acids is 1. The van der Waals surface area contributed by atoms with E-state index in [9.17, 15) is 4.79 Å². The Morgan fingerprint density at radius 3 is 2.61 bits per heavy atom. The third-order valence-electron chi connectivity index (χ3n) is 4.26. The molecule has 0 N–H and O–H groups in total. The van der Waals surface area contributed by atoms with E-state index in [0.29, 0.717) is 5.02 Å². The van der Waals surface area contributed by atoms with Crippen molar-refractivity contribution in [1.29, 1.82) is 0 Å². The summed E-state index contributed by atoms with van der Waals surface area (Å²) >= 11 is 6.13. The predicted molar refractivity (Wildman–Crippen MR) is 87.3 cm³/mol. The average molecular weight is 337 g/mol. The van der Waals surface area contributed by atoms with Crippen LogP contribution >= 0.6 is 11.6 Å². The van der Waals surface area contributed by atoms with Gasteiger partial charge in [-0.05, 0) is 26.0 Å². The molecule has 0 aliphatic carbocycles. The molecule has 0 unspecified atom stereocenters. The molecule has 0 atom stereocenters. The molecule has 1 saturated heterocycles. The summed E-state index contributed by atoms with van der Waals surface area (Å²) in [5, 5.41) is 4.96. The molecule has 3 rings (SSSR count). The molecule has 3 heterocycles. The minimum Gasteiger partial charge on any atom is -0.468 e. The Bertz CT molecular complexity index is 673. The van der Waals surface area contributed by atoms with Gasteiger partial charge in [-0.2, -0.15) is 5.10 Å². The maximum atomic E-state index is 12.4. The first kappa shape index (κ1) is 16.1. The summed E-state index contributed by atoms with van der Waals surface area (Å²) in [6.45, 7) is 7.94. The summed E-state index contributed by atoms with van der Waals surface area (Å²) in [5.41, 5.74) is 1.61. The van der Waals surface area contributed by atoms with Crippen molar-refractivity contribution in [2.75, 3.05) is 26.2 Å². The molecule has 0 aromatic carbocycles. The number of halogens is 1. The topological polar surface area (TPSA) is 54.5 Å². The van der Waals surface area contributed by atoms with Crippen LogP contribution in [-0.2, 0) is 17.9 Å². The molecule has 2 aromatic heterocycles. The van der Waals surface area contributed by atoms with E-state index < -0.39 is 0 Å². The van der Waals surface area contributed by atoms with Gasteiger partial charge in [0.2, 0.25) is 5.91 Å². The molecule has 1 fully saturated rings. The minimum absolute atomic E-state index is 0.0879. The second kappa shape index (κ2) is 6.76. The first-order valence-corrected chi connectivity index (χ1v) is 8.14. The number of rotatable bonds is 4. The molecule has 6 nitrogen and oxygen atoms in total. The van der Waals surface area contributed by atoms with Gasteiger partial charge >= 0.3 is 0 Å². The van der Waals surface area contributed by atoms with Crippen molar-refractivity contribution in [2.45, 2.75) is 26.9 Å². The summed E-state index contributed by atoms with van der Waals surface area (Å²) < 4.78 is 7.06. The van der Waals surface area contributed by atoms with Crippen LogP contribution in [0.15, 0.2) is 22.8 Å². The van der Waals surface area contributed by atoms with Crippen molar-refractivity contribution in [2.24, 2.45) is 0 Å². The second-order valence-corrected chi connectivity index (χ2v) is 6.26. The molecule has 0 spiro atoms. The molecule has 0 radical (unpaired) electrons. The summed E-state index contributed by atoms with van der Waals surface area (Å²) in [5.74, 6) is 1.05. The van der Waals surface area contributed by atoms with Crippen LogP contribution in [0.25, 0.3) is 0 Å². The van der Waals surface area contributed by atoms with Gasteiger partial charge in [0.05, 0.1) is 29.2 Å². The molecular weight excluding hydrogens is 316 g/mol. The minimum atomic E-state index is 0.0879. The van der Waals surface area contributed by atoms with Crippen LogP contribution in [0.4, 0.5) is 0 Å². The molecule has 2 aromatic rings. The fraction of sp³-hybridized carbons (Fsp3) is 0.500. The van der Waals surface area contributed by atoms with Crippen LogP contribution in [0, 0.1) is 13.8 Å². The number of carbonyl (C=O) groups is 1. The normalized spacial score (nSPS) is 16.0. The fourth-order valence-corrected chi connectivity index (χ4v) is 2.97. The lowest BCUT2D eigenvalue weighted by Crippen LogP contribution is -2.49. The average Bonchev–Trinajstić information content (AvgIpc) is 3.13. The van der Waals surface area contributed by atoms with E-state index in [1.807, 2.05) is 30.9 Å². The number of piperazine rings is 1. The second-order valence-electron chi connectivity index (χ2n) is 5.88. The van der Waals surface area contributed by atoms with Crippen LogP contribution in [0.3, 0.4) is 0 Å². The Morgan fingerprint density at radius 2 is 2.04 bits per heavy atom. The number of furan rings is 1. The molecule has 1 aliphatic rings. The number of hydrogen-bond donors (Lipinski definition) is 0. The number of aryl methyl sites for hydroxylation is 1. The van der Waals surface area contributed by atoms with Crippen molar-refractivity contribution in [3.05, 3.63) is 40.6 Å². The summed E-state index contributed by atoms with van der Waals surface area (Å²) in [6.07, 6.45) is 1.69. The number of hydrogen-bond acceptors (Lipinski definition) is 4. The lowest BCUT2D eigenvalue weighted by Gasteiger charge is -2.34. The molecule has 124 valence electrons. The maximum Gasteiger partial charge on any atom is 0.244 e. The largest absolute Gasteiger partial charge is 0.468 e. The van der Waals surface area contributed by atoms with Gasteiger partial charge in [-0.15, -0.1) is 0 Å². The van der Waals surface area contributed by atoms with Gasteiger partial charge in [0.25, 0.3) is 0 Å². The van der Waals surface area contributed by atoms with E-state index >= 15 is 0 Å². The number of amides is 1. The summed E-state index contributed by atoms with van der Waals surface area (Å²) in [4.78, 5) is 16.6. The molecule has 1 amide bonds. The van der Waals surface area contributed by atoms with Gasteiger partial charge in [-0.1, -0.05) is 11.6 Å². The van der Waals surface area contributed by atoms with Gasteiger partial charge < -0.3 is 9.32 Å². The number of aromatic nitrogens is 2. The Kier molecular flexibility index (Phi) is 4.73. The molecule has 1 aliphatic heterocycles. The van der Waals surface area contributed by atoms with Crippen LogP contribution in [0.1, 0.15) is 17.1 Å². The first-order valence-electron chi connectivity index (χ1n) is 7.76. The van der Waals surface area contributed by atoms with Crippen LogP contribution in [-0.4, -0.2) is 51.7 Å². The van der Waals surface area contributed by atoms with Crippen LogP contribution < -0.4 is 0 Å². The van der Waals surface area contributed by atoms with Crippen molar-refractivity contribution < 1.29 is 9.21 Å². The quantitative estimate of drug-likeness (QED) is 0.858. The van der Waals surface area contributed by atoms with E-state index in [1.165, 1.54) is 0 Å². The van der Waals surface area contributed by atoms with Crippen molar-refractivity contribution in [1.82, 2.24) is 19.6 Å². The lowest BCUT2D eigenvalue weighted by molar-refractivity contribution is -0.133. The number of nitrogens with zero attached hydrogens (tertiary/aromatic N) is 4. The van der Waals surface area contributed by atoms with E-state index in [0.717, 1.165) is 49.9 Å². The Labute approximate surface area is 140 Å². The van der Waals surface area contributed by atoms with E-state index in [1.54, 1.807) is 10.9 Å². The highest BCUT2D eigenvalue weighted by molar-refractivity contribution is 6.31. The Morgan fingerprint density at radius 1 is 1.30 bits per heavy atom. The highest BCUT2D eigenvalue weighted by atomic mass is 35.5. The predicted octanol–water partition coefficient (Wildman–Crippen LogP) is 2.09. The Hall–Kier alpha value is -1.79. The lowest BCUT2D eigenvalue weighted by atomic mass is 10.3.